The third-order valence-corrected chi connectivity index (χ3v) is 4.45. The van der Waals surface area contributed by atoms with Crippen molar-refractivity contribution in [1.82, 2.24) is 0 Å². The van der Waals surface area contributed by atoms with Gasteiger partial charge in [0.2, 0.25) is 5.78 Å². The van der Waals surface area contributed by atoms with Crippen LogP contribution in [0.1, 0.15) is 41.8 Å². The number of ketones is 1. The lowest BCUT2D eigenvalue weighted by Crippen LogP contribution is -2.24. The van der Waals surface area contributed by atoms with Crippen LogP contribution in [0.5, 0.6) is 5.75 Å². The molecule has 0 N–H and O–H groups in total. The fourth-order valence-electron chi connectivity index (χ4n) is 3.09. The first-order valence-electron chi connectivity index (χ1n) is 8.83. The zero-order valence-corrected chi connectivity index (χ0v) is 15.2. The highest BCUT2D eigenvalue weighted by atomic mass is 16.5. The van der Waals surface area contributed by atoms with E-state index in [0.29, 0.717) is 16.9 Å². The third kappa shape index (κ3) is 3.54. The Kier molecular flexibility index (Phi) is 5.21. The smallest absolute Gasteiger partial charge is 0.336 e. The molecule has 3 rings (SSSR count). The maximum Gasteiger partial charge on any atom is 0.336 e. The van der Waals surface area contributed by atoms with Crippen molar-refractivity contribution < 1.29 is 13.9 Å². The van der Waals surface area contributed by atoms with Gasteiger partial charge in [-0.25, -0.2) is 4.79 Å². The van der Waals surface area contributed by atoms with Gasteiger partial charge in [-0.3, -0.25) is 4.79 Å². The minimum atomic E-state index is -0.640. The number of hydrogen-bond donors (Lipinski definition) is 0. The van der Waals surface area contributed by atoms with Crippen LogP contribution in [0.15, 0.2) is 57.7 Å². The first-order valence-corrected chi connectivity index (χ1v) is 8.83. The summed E-state index contributed by atoms with van der Waals surface area (Å²) in [7, 11) is 0. The third-order valence-electron chi connectivity index (χ3n) is 4.45. The Morgan fingerprint density at radius 1 is 1.15 bits per heavy atom. The number of aryl methyl sites for hydroxylation is 2. The van der Waals surface area contributed by atoms with Crippen LogP contribution in [0, 0.1) is 6.92 Å². The van der Waals surface area contributed by atoms with Crippen LogP contribution in [0.25, 0.3) is 11.0 Å². The molecule has 4 nitrogen and oxygen atoms in total. The molecular formula is C22H22O4. The molecule has 1 heterocycles. The molecule has 2 aromatic carbocycles. The average molecular weight is 350 g/mol. The van der Waals surface area contributed by atoms with Gasteiger partial charge in [0, 0.05) is 22.6 Å². The summed E-state index contributed by atoms with van der Waals surface area (Å²) in [6, 6.07) is 14.3. The van der Waals surface area contributed by atoms with E-state index in [1.54, 1.807) is 25.1 Å². The zero-order valence-electron chi connectivity index (χ0n) is 15.2. The Hall–Kier alpha value is -2.88. The maximum atomic E-state index is 12.5. The number of hydrogen-bond acceptors (Lipinski definition) is 4. The Bertz CT molecular complexity index is 986. The lowest BCUT2D eigenvalue weighted by molar-refractivity contribution is 0.0817. The summed E-state index contributed by atoms with van der Waals surface area (Å²) in [5, 5.41) is 0.915. The van der Waals surface area contributed by atoms with Crippen molar-refractivity contribution in [2.24, 2.45) is 0 Å². The number of rotatable bonds is 6. The molecule has 0 amide bonds. The molecule has 1 aromatic heterocycles. The molecule has 0 aliphatic carbocycles. The summed E-state index contributed by atoms with van der Waals surface area (Å²) in [6.45, 7) is 5.64. The van der Waals surface area contributed by atoms with E-state index in [4.69, 9.17) is 9.15 Å². The van der Waals surface area contributed by atoms with Gasteiger partial charge in [0.15, 0.2) is 6.10 Å². The van der Waals surface area contributed by atoms with Crippen molar-refractivity contribution in [3.05, 3.63) is 75.6 Å². The second-order valence-electron chi connectivity index (χ2n) is 6.40. The number of Topliss-reactive ketones (excluding diaryl/α,β-unsaturated/α-hetero) is 1. The van der Waals surface area contributed by atoms with Crippen molar-refractivity contribution >= 4 is 16.8 Å². The van der Waals surface area contributed by atoms with Crippen LogP contribution in [0.2, 0.25) is 0 Å². The number of ether oxygens (including phenoxy) is 1. The molecule has 1 atom stereocenters. The van der Waals surface area contributed by atoms with E-state index in [2.05, 4.69) is 6.92 Å². The molecular weight excluding hydrogens is 328 g/mol. The Morgan fingerprint density at radius 2 is 1.88 bits per heavy atom. The summed E-state index contributed by atoms with van der Waals surface area (Å²) >= 11 is 0. The van der Waals surface area contributed by atoms with Gasteiger partial charge in [-0.15, -0.1) is 0 Å². The molecule has 0 aliphatic rings. The summed E-state index contributed by atoms with van der Waals surface area (Å²) in [5.74, 6) is 0.456. The summed E-state index contributed by atoms with van der Waals surface area (Å²) < 4.78 is 11.3. The van der Waals surface area contributed by atoms with E-state index in [1.807, 2.05) is 37.3 Å². The summed E-state index contributed by atoms with van der Waals surface area (Å²) in [6.07, 6.45) is 1.11. The highest BCUT2D eigenvalue weighted by Crippen LogP contribution is 2.29. The van der Waals surface area contributed by atoms with Crippen molar-refractivity contribution in [3.8, 4) is 5.75 Å². The SMILES string of the molecule is CCCc1cc(=O)oc2c(C)c(OC(C)C(=O)c3ccccc3)ccc12. The van der Waals surface area contributed by atoms with E-state index < -0.39 is 6.10 Å². The van der Waals surface area contributed by atoms with E-state index in [-0.39, 0.29) is 11.4 Å². The van der Waals surface area contributed by atoms with Crippen molar-refractivity contribution in [2.75, 3.05) is 0 Å². The number of carbonyl (C=O) groups excluding carboxylic acids is 1. The molecule has 3 aromatic rings. The van der Waals surface area contributed by atoms with Crippen molar-refractivity contribution in [1.29, 1.82) is 0 Å². The van der Waals surface area contributed by atoms with Gasteiger partial charge in [-0.1, -0.05) is 43.7 Å². The predicted molar refractivity (Wildman–Crippen MR) is 102 cm³/mol. The highest BCUT2D eigenvalue weighted by Gasteiger charge is 2.19. The molecule has 1 unspecified atom stereocenters. The van der Waals surface area contributed by atoms with Gasteiger partial charge in [0.05, 0.1) is 0 Å². The Balaban J connectivity index is 1.95. The van der Waals surface area contributed by atoms with E-state index >= 15 is 0 Å². The Labute approximate surface area is 152 Å². The molecule has 26 heavy (non-hydrogen) atoms. The molecule has 0 spiro atoms. The van der Waals surface area contributed by atoms with E-state index in [9.17, 15) is 9.59 Å². The minimum Gasteiger partial charge on any atom is -0.482 e. The topological polar surface area (TPSA) is 56.5 Å². The second kappa shape index (κ2) is 7.56. The van der Waals surface area contributed by atoms with Crippen LogP contribution in [-0.2, 0) is 6.42 Å². The monoisotopic (exact) mass is 350 g/mol. The predicted octanol–water partition coefficient (Wildman–Crippen LogP) is 4.70. The molecule has 0 radical (unpaired) electrons. The van der Waals surface area contributed by atoms with Gasteiger partial charge in [-0.05, 0) is 38.0 Å². The maximum absolute atomic E-state index is 12.5. The van der Waals surface area contributed by atoms with Gasteiger partial charge < -0.3 is 9.15 Å². The average Bonchev–Trinajstić information content (AvgIpc) is 2.64. The van der Waals surface area contributed by atoms with Gasteiger partial charge >= 0.3 is 5.63 Å². The molecule has 4 heteroatoms. The molecule has 0 bridgehead atoms. The van der Waals surface area contributed by atoms with Gasteiger partial charge in [0.1, 0.15) is 11.3 Å². The summed E-state index contributed by atoms with van der Waals surface area (Å²) in [4.78, 5) is 24.4. The van der Waals surface area contributed by atoms with Crippen molar-refractivity contribution in [2.45, 2.75) is 39.7 Å². The summed E-state index contributed by atoms with van der Waals surface area (Å²) in [5.41, 5.74) is 2.47. The van der Waals surface area contributed by atoms with Crippen LogP contribution >= 0.6 is 0 Å². The molecule has 0 aliphatic heterocycles. The highest BCUT2D eigenvalue weighted by molar-refractivity contribution is 5.99. The first kappa shape index (κ1) is 17.9. The number of benzene rings is 2. The number of fused-ring (bicyclic) bond motifs is 1. The van der Waals surface area contributed by atoms with Gasteiger partial charge in [0.25, 0.3) is 0 Å². The molecule has 0 saturated heterocycles. The van der Waals surface area contributed by atoms with E-state index in [1.165, 1.54) is 0 Å². The second-order valence-corrected chi connectivity index (χ2v) is 6.40. The van der Waals surface area contributed by atoms with Crippen molar-refractivity contribution in [3.63, 3.8) is 0 Å². The molecule has 134 valence electrons. The largest absolute Gasteiger partial charge is 0.482 e. The lowest BCUT2D eigenvalue weighted by Gasteiger charge is -2.17. The van der Waals surface area contributed by atoms with E-state index in [0.717, 1.165) is 29.4 Å². The fourth-order valence-corrected chi connectivity index (χ4v) is 3.09. The quantitative estimate of drug-likeness (QED) is 0.477. The first-order chi connectivity index (χ1) is 12.5. The van der Waals surface area contributed by atoms with Crippen LogP contribution in [0.3, 0.4) is 0 Å². The standard InChI is InChI=1S/C22H22O4/c1-4-8-17-13-20(23)26-22-14(2)19(12-11-18(17)22)25-15(3)21(24)16-9-6-5-7-10-16/h5-7,9-13,15H,4,8H2,1-3H3. The zero-order chi connectivity index (χ0) is 18.7. The van der Waals surface area contributed by atoms with Crippen LogP contribution < -0.4 is 10.4 Å². The molecule has 0 fully saturated rings. The lowest BCUT2D eigenvalue weighted by atomic mass is 10.0. The van der Waals surface area contributed by atoms with Crippen LogP contribution in [-0.4, -0.2) is 11.9 Å². The Morgan fingerprint density at radius 3 is 2.58 bits per heavy atom. The minimum absolute atomic E-state index is 0.0914. The molecule has 0 saturated carbocycles. The van der Waals surface area contributed by atoms with Gasteiger partial charge in [-0.2, -0.15) is 0 Å². The van der Waals surface area contributed by atoms with Crippen LogP contribution in [0.4, 0.5) is 0 Å². The number of carbonyl (C=O) groups is 1. The normalized spacial score (nSPS) is 12.1. The fraction of sp³-hybridized carbons (Fsp3) is 0.273.